The van der Waals surface area contributed by atoms with Gasteiger partial charge in [0.05, 0.1) is 6.20 Å². The number of anilines is 2. The first-order chi connectivity index (χ1) is 12.5. The number of oxazole rings is 1. The summed E-state index contributed by atoms with van der Waals surface area (Å²) in [7, 11) is -1.27. The Morgan fingerprint density at radius 3 is 2.15 bits per heavy atom. The summed E-state index contributed by atoms with van der Waals surface area (Å²) in [5, 5.41) is 3.15. The average Bonchev–Trinajstić information content (AvgIpc) is 3.02. The lowest BCUT2D eigenvalue weighted by atomic mass is 9.93. The molecule has 0 aliphatic heterocycles. The van der Waals surface area contributed by atoms with Gasteiger partial charge in [-0.25, -0.2) is 9.71 Å². The predicted octanol–water partition coefficient (Wildman–Crippen LogP) is 3.20. The molecule has 0 atom stereocenters. The van der Waals surface area contributed by atoms with Crippen LogP contribution >= 0.6 is 0 Å². The van der Waals surface area contributed by atoms with Crippen LogP contribution in [0.1, 0.15) is 61.2 Å². The van der Waals surface area contributed by atoms with Gasteiger partial charge in [-0.3, -0.25) is 4.79 Å². The number of rotatable bonds is 7. The molecule has 0 saturated carbocycles. The molecule has 148 valence electrons. The van der Waals surface area contributed by atoms with Crippen molar-refractivity contribution in [3.63, 3.8) is 0 Å². The number of carbonyl (C=O) groups excluding carboxylic acids is 1. The second kappa shape index (κ2) is 8.10. The van der Waals surface area contributed by atoms with Gasteiger partial charge < -0.3 is 9.73 Å². The molecule has 1 amide bonds. The van der Waals surface area contributed by atoms with Crippen LogP contribution in [0.5, 0.6) is 0 Å². The lowest BCUT2D eigenvalue weighted by molar-refractivity contribution is 0.0953. The summed E-state index contributed by atoms with van der Waals surface area (Å²) >= 11 is 0. The number of benzene rings is 1. The Morgan fingerprint density at radius 1 is 1.11 bits per heavy atom. The zero-order valence-corrected chi connectivity index (χ0v) is 17.2. The summed E-state index contributed by atoms with van der Waals surface area (Å²) in [5.41, 5.74) is 3.08. The van der Waals surface area contributed by atoms with Crippen molar-refractivity contribution in [2.24, 2.45) is 0 Å². The lowest BCUT2D eigenvalue weighted by Gasteiger charge is -2.19. The largest absolute Gasteiger partial charge is 0.418 e. The van der Waals surface area contributed by atoms with Gasteiger partial charge in [0.1, 0.15) is 0 Å². The van der Waals surface area contributed by atoms with Gasteiger partial charge in [-0.05, 0) is 23.0 Å². The van der Waals surface area contributed by atoms with Gasteiger partial charge in [-0.1, -0.05) is 45.9 Å². The van der Waals surface area contributed by atoms with Crippen molar-refractivity contribution in [1.82, 2.24) is 14.0 Å². The van der Waals surface area contributed by atoms with E-state index in [1.54, 1.807) is 0 Å². The SMILES string of the molecule is CC(C)c1cccc(C(C)C)c1Nc1ncc(C(=O)NS(=O)(=O)N(C)C)o1. The van der Waals surface area contributed by atoms with E-state index in [2.05, 4.69) is 38.0 Å². The molecule has 2 rings (SSSR count). The molecule has 0 spiro atoms. The molecule has 2 aromatic rings. The summed E-state index contributed by atoms with van der Waals surface area (Å²) in [6.45, 7) is 8.35. The van der Waals surface area contributed by atoms with E-state index in [1.165, 1.54) is 20.3 Å². The summed E-state index contributed by atoms with van der Waals surface area (Å²) in [6.07, 6.45) is 1.19. The maximum Gasteiger partial charge on any atom is 0.303 e. The molecule has 0 fully saturated rings. The summed E-state index contributed by atoms with van der Waals surface area (Å²) in [6, 6.07) is 6.19. The number of hydrogen-bond acceptors (Lipinski definition) is 6. The van der Waals surface area contributed by atoms with Gasteiger partial charge in [-0.15, -0.1) is 0 Å². The van der Waals surface area contributed by atoms with Crippen LogP contribution in [-0.2, 0) is 10.2 Å². The van der Waals surface area contributed by atoms with Crippen LogP contribution in [-0.4, -0.2) is 37.7 Å². The molecular weight excluding hydrogens is 368 g/mol. The first kappa shape index (κ1) is 20.9. The molecule has 27 heavy (non-hydrogen) atoms. The zero-order chi connectivity index (χ0) is 20.4. The quantitative estimate of drug-likeness (QED) is 0.747. The summed E-state index contributed by atoms with van der Waals surface area (Å²) in [5.74, 6) is -0.537. The Balaban J connectivity index is 2.30. The fraction of sp³-hybridized carbons (Fsp3) is 0.444. The van der Waals surface area contributed by atoms with Gasteiger partial charge in [0.15, 0.2) is 0 Å². The van der Waals surface area contributed by atoms with Gasteiger partial charge in [0, 0.05) is 19.8 Å². The van der Waals surface area contributed by atoms with Crippen LogP contribution in [0, 0.1) is 0 Å². The molecule has 0 unspecified atom stereocenters. The Morgan fingerprint density at radius 2 is 1.67 bits per heavy atom. The normalized spacial score (nSPS) is 12.0. The van der Waals surface area contributed by atoms with E-state index < -0.39 is 16.1 Å². The molecule has 0 aliphatic rings. The minimum Gasteiger partial charge on any atom is -0.418 e. The van der Waals surface area contributed by atoms with E-state index in [4.69, 9.17) is 4.42 Å². The van der Waals surface area contributed by atoms with Crippen LogP contribution in [0.15, 0.2) is 28.8 Å². The third-order valence-electron chi connectivity index (χ3n) is 4.04. The van der Waals surface area contributed by atoms with Crippen molar-refractivity contribution in [3.8, 4) is 0 Å². The Labute approximate surface area is 160 Å². The third kappa shape index (κ3) is 4.86. The standard InChI is InChI=1S/C18H26N4O4S/c1-11(2)13-8-7-9-14(12(3)4)16(13)20-18-19-10-15(26-18)17(23)21-27(24,25)22(5)6/h7-12H,1-6H3,(H,19,20)(H,21,23). The zero-order valence-electron chi connectivity index (χ0n) is 16.4. The van der Waals surface area contributed by atoms with E-state index in [0.717, 1.165) is 21.1 Å². The molecule has 2 N–H and O–H groups in total. The van der Waals surface area contributed by atoms with Crippen LogP contribution in [0.4, 0.5) is 11.7 Å². The number of carbonyl (C=O) groups is 1. The number of amides is 1. The number of para-hydroxylation sites is 1. The topological polar surface area (TPSA) is 105 Å². The first-order valence-electron chi connectivity index (χ1n) is 8.63. The summed E-state index contributed by atoms with van der Waals surface area (Å²) in [4.78, 5) is 16.2. The molecule has 9 heteroatoms. The molecule has 0 aliphatic carbocycles. The predicted molar refractivity (Wildman–Crippen MR) is 104 cm³/mol. The highest BCUT2D eigenvalue weighted by molar-refractivity contribution is 7.87. The monoisotopic (exact) mass is 394 g/mol. The molecule has 1 aromatic heterocycles. The molecule has 8 nitrogen and oxygen atoms in total. The second-order valence-electron chi connectivity index (χ2n) is 6.99. The highest BCUT2D eigenvalue weighted by Gasteiger charge is 2.22. The van der Waals surface area contributed by atoms with Crippen molar-refractivity contribution in [3.05, 3.63) is 41.3 Å². The Kier molecular flexibility index (Phi) is 6.27. The maximum atomic E-state index is 12.1. The van der Waals surface area contributed by atoms with Crippen molar-refractivity contribution in [1.29, 1.82) is 0 Å². The molecule has 0 radical (unpaired) electrons. The van der Waals surface area contributed by atoms with Gasteiger partial charge in [0.2, 0.25) is 5.76 Å². The average molecular weight is 394 g/mol. The number of nitrogens with zero attached hydrogens (tertiary/aromatic N) is 2. The van der Waals surface area contributed by atoms with Crippen molar-refractivity contribution >= 4 is 27.8 Å². The second-order valence-corrected chi connectivity index (χ2v) is 8.88. The minimum absolute atomic E-state index is 0.123. The van der Waals surface area contributed by atoms with Crippen molar-refractivity contribution < 1.29 is 17.6 Å². The van der Waals surface area contributed by atoms with Gasteiger partial charge in [-0.2, -0.15) is 12.7 Å². The molecule has 0 bridgehead atoms. The van der Waals surface area contributed by atoms with Crippen LogP contribution in [0.3, 0.4) is 0 Å². The van der Waals surface area contributed by atoms with E-state index >= 15 is 0 Å². The lowest BCUT2D eigenvalue weighted by Crippen LogP contribution is -2.39. The van der Waals surface area contributed by atoms with E-state index in [-0.39, 0.29) is 23.6 Å². The smallest absolute Gasteiger partial charge is 0.303 e. The van der Waals surface area contributed by atoms with Gasteiger partial charge in [0.25, 0.3) is 6.01 Å². The Bertz CT molecular complexity index is 891. The third-order valence-corrected chi connectivity index (χ3v) is 5.44. The fourth-order valence-electron chi connectivity index (χ4n) is 2.50. The molecule has 0 saturated heterocycles. The molecular formula is C18H26N4O4S. The number of hydrogen-bond donors (Lipinski definition) is 2. The number of aromatic nitrogens is 1. The van der Waals surface area contributed by atoms with E-state index in [1.807, 2.05) is 22.9 Å². The summed E-state index contributed by atoms with van der Waals surface area (Å²) < 4.78 is 31.8. The maximum absolute atomic E-state index is 12.1. The van der Waals surface area contributed by atoms with Gasteiger partial charge >= 0.3 is 16.1 Å². The highest BCUT2D eigenvalue weighted by atomic mass is 32.2. The highest BCUT2D eigenvalue weighted by Crippen LogP contribution is 2.34. The van der Waals surface area contributed by atoms with Crippen LogP contribution in [0.2, 0.25) is 0 Å². The number of nitrogens with one attached hydrogen (secondary N) is 2. The Hall–Kier alpha value is -2.39. The fourth-order valence-corrected chi connectivity index (χ4v) is 3.02. The van der Waals surface area contributed by atoms with Crippen LogP contribution < -0.4 is 10.0 Å². The first-order valence-corrected chi connectivity index (χ1v) is 10.1. The molecule has 1 heterocycles. The van der Waals surface area contributed by atoms with Crippen LogP contribution in [0.25, 0.3) is 0 Å². The van der Waals surface area contributed by atoms with E-state index in [0.29, 0.717) is 0 Å². The van der Waals surface area contributed by atoms with Crippen molar-refractivity contribution in [2.75, 3.05) is 19.4 Å². The van der Waals surface area contributed by atoms with Crippen molar-refractivity contribution in [2.45, 2.75) is 39.5 Å². The molecule has 1 aromatic carbocycles. The minimum atomic E-state index is -3.91. The van der Waals surface area contributed by atoms with E-state index in [9.17, 15) is 13.2 Å².